The van der Waals surface area contributed by atoms with Gasteiger partial charge in [0.15, 0.2) is 11.6 Å². The lowest BCUT2D eigenvalue weighted by molar-refractivity contribution is 0.124. The molecule has 3 aromatic heterocycles. The van der Waals surface area contributed by atoms with Crippen LogP contribution in [0, 0.1) is 6.92 Å². The molecule has 0 amide bonds. The first-order valence-electron chi connectivity index (χ1n) is 11.3. The second-order valence-corrected chi connectivity index (χ2v) is 10.4. The third kappa shape index (κ3) is 4.91. The highest BCUT2D eigenvalue weighted by atomic mass is 32.2. The van der Waals surface area contributed by atoms with Crippen LogP contribution in [0.1, 0.15) is 44.1 Å². The normalized spacial score (nSPS) is 16.9. The van der Waals surface area contributed by atoms with E-state index < -0.39 is 27.2 Å². The number of nitrogens with one attached hydrogen (secondary N) is 1. The average Bonchev–Trinajstić information content (AvgIpc) is 3.16. The van der Waals surface area contributed by atoms with Gasteiger partial charge in [0.05, 0.1) is 30.1 Å². The summed E-state index contributed by atoms with van der Waals surface area (Å²) < 4.78 is 48.1. The van der Waals surface area contributed by atoms with E-state index in [4.69, 9.17) is 14.2 Å². The second kappa shape index (κ2) is 10.1. The van der Waals surface area contributed by atoms with Gasteiger partial charge < -0.3 is 14.2 Å². The molecule has 0 aliphatic carbocycles. The highest BCUT2D eigenvalue weighted by Crippen LogP contribution is 2.40. The molecule has 3 atom stereocenters. The average molecular weight is 504 g/mol. The van der Waals surface area contributed by atoms with Crippen LogP contribution in [0.4, 0.5) is 5.95 Å². The van der Waals surface area contributed by atoms with E-state index >= 15 is 0 Å². The van der Waals surface area contributed by atoms with Crippen molar-refractivity contribution in [2.24, 2.45) is 0 Å². The van der Waals surface area contributed by atoms with Crippen molar-refractivity contribution in [2.75, 3.05) is 31.7 Å². The standard InChI is InChI=1S/C22H29N7O5S/c1-6-33-21-18-17(7-8-23-21)20-26-27-22(29(20)16(11-32-5)12-34-18)28-35(30,31)15(4)14(3)19-24-9-13(2)10-25-19/h7-10,14-16H,6,11-12H2,1-5H3,(H,27,28)/t14-,15-,16+/m0/s1. The summed E-state index contributed by atoms with van der Waals surface area (Å²) >= 11 is 0. The number of methoxy groups -OCH3 is 1. The fraction of sp³-hybridized carbons (Fsp3) is 0.500. The van der Waals surface area contributed by atoms with Gasteiger partial charge in [0.1, 0.15) is 12.4 Å². The first-order valence-corrected chi connectivity index (χ1v) is 12.8. The lowest BCUT2D eigenvalue weighted by Gasteiger charge is -2.22. The number of aryl methyl sites for hydroxylation is 1. The summed E-state index contributed by atoms with van der Waals surface area (Å²) in [5.41, 5.74) is 1.49. The highest BCUT2D eigenvalue weighted by molar-refractivity contribution is 7.93. The lowest BCUT2D eigenvalue weighted by Crippen LogP contribution is -2.32. The van der Waals surface area contributed by atoms with Crippen molar-refractivity contribution in [3.63, 3.8) is 0 Å². The third-order valence-corrected chi connectivity index (χ3v) is 7.72. The summed E-state index contributed by atoms with van der Waals surface area (Å²) in [6.45, 7) is 7.94. The Morgan fingerprint density at radius 1 is 1.23 bits per heavy atom. The molecule has 4 heterocycles. The minimum atomic E-state index is -3.89. The van der Waals surface area contributed by atoms with Crippen LogP contribution >= 0.6 is 0 Å². The maximum Gasteiger partial charge on any atom is 0.257 e. The summed E-state index contributed by atoms with van der Waals surface area (Å²) in [6, 6.07) is 1.32. The number of hydrogen-bond acceptors (Lipinski definition) is 10. The van der Waals surface area contributed by atoms with Gasteiger partial charge in [-0.25, -0.2) is 23.4 Å². The quantitative estimate of drug-likeness (QED) is 0.462. The predicted molar refractivity (Wildman–Crippen MR) is 128 cm³/mol. The number of sulfonamides is 1. The summed E-state index contributed by atoms with van der Waals surface area (Å²) in [5.74, 6) is 1.23. The van der Waals surface area contributed by atoms with Crippen LogP contribution in [-0.2, 0) is 14.8 Å². The molecule has 13 heteroatoms. The number of ether oxygens (including phenoxy) is 3. The molecular weight excluding hydrogens is 474 g/mol. The zero-order valence-electron chi connectivity index (χ0n) is 20.3. The van der Waals surface area contributed by atoms with Crippen molar-refractivity contribution in [1.82, 2.24) is 29.7 Å². The Morgan fingerprint density at radius 3 is 2.66 bits per heavy atom. The topological polar surface area (TPSA) is 143 Å². The Morgan fingerprint density at radius 2 is 1.97 bits per heavy atom. The molecule has 188 valence electrons. The summed E-state index contributed by atoms with van der Waals surface area (Å²) in [6.07, 6.45) is 4.92. The first kappa shape index (κ1) is 24.8. The number of nitrogens with zero attached hydrogens (tertiary/aromatic N) is 6. The summed E-state index contributed by atoms with van der Waals surface area (Å²) in [5, 5.41) is 7.62. The smallest absolute Gasteiger partial charge is 0.257 e. The van der Waals surface area contributed by atoms with Gasteiger partial charge >= 0.3 is 0 Å². The first-order chi connectivity index (χ1) is 16.8. The van der Waals surface area contributed by atoms with Crippen molar-refractivity contribution >= 4 is 16.0 Å². The minimum absolute atomic E-state index is 0.0668. The molecule has 4 rings (SSSR count). The number of pyridine rings is 1. The van der Waals surface area contributed by atoms with Gasteiger partial charge in [-0.2, -0.15) is 0 Å². The molecule has 0 unspecified atom stereocenters. The molecule has 1 N–H and O–H groups in total. The zero-order chi connectivity index (χ0) is 25.2. The Labute approximate surface area is 204 Å². The Balaban J connectivity index is 1.70. The summed E-state index contributed by atoms with van der Waals surface area (Å²) in [7, 11) is -2.33. The van der Waals surface area contributed by atoms with E-state index in [0.29, 0.717) is 35.4 Å². The minimum Gasteiger partial charge on any atom is -0.485 e. The molecule has 35 heavy (non-hydrogen) atoms. The van der Waals surface area contributed by atoms with Gasteiger partial charge in [0.25, 0.3) is 5.88 Å². The van der Waals surface area contributed by atoms with Crippen LogP contribution in [0.15, 0.2) is 24.7 Å². The lowest BCUT2D eigenvalue weighted by atomic mass is 10.1. The van der Waals surface area contributed by atoms with Gasteiger partial charge in [0, 0.05) is 31.6 Å². The van der Waals surface area contributed by atoms with E-state index in [1.807, 2.05) is 13.8 Å². The number of rotatable bonds is 9. The van der Waals surface area contributed by atoms with Gasteiger partial charge in [0.2, 0.25) is 16.0 Å². The number of aromatic nitrogens is 6. The number of fused-ring (bicyclic) bond motifs is 3. The van der Waals surface area contributed by atoms with Crippen LogP contribution < -0.4 is 14.2 Å². The molecule has 0 spiro atoms. The highest BCUT2D eigenvalue weighted by Gasteiger charge is 2.34. The molecule has 1 aliphatic heterocycles. The van der Waals surface area contributed by atoms with E-state index in [-0.39, 0.29) is 19.2 Å². The Hall–Kier alpha value is -3.32. The maximum atomic E-state index is 13.4. The van der Waals surface area contributed by atoms with E-state index in [1.165, 1.54) is 0 Å². The Bertz CT molecular complexity index is 1280. The molecule has 12 nitrogen and oxygen atoms in total. The zero-order valence-corrected chi connectivity index (χ0v) is 21.1. The maximum absolute atomic E-state index is 13.4. The van der Waals surface area contributed by atoms with Crippen molar-refractivity contribution in [3.8, 4) is 23.0 Å². The predicted octanol–water partition coefficient (Wildman–Crippen LogP) is 2.35. The van der Waals surface area contributed by atoms with Gasteiger partial charge in [-0.1, -0.05) is 6.92 Å². The van der Waals surface area contributed by atoms with Crippen LogP contribution in [0.3, 0.4) is 0 Å². The van der Waals surface area contributed by atoms with Crippen molar-refractivity contribution in [2.45, 2.75) is 44.9 Å². The second-order valence-electron chi connectivity index (χ2n) is 8.32. The van der Waals surface area contributed by atoms with Crippen LogP contribution in [-0.4, -0.2) is 70.3 Å². The van der Waals surface area contributed by atoms with Crippen LogP contribution in [0.25, 0.3) is 11.4 Å². The monoisotopic (exact) mass is 503 g/mol. The third-order valence-electron chi connectivity index (χ3n) is 5.87. The fourth-order valence-corrected chi connectivity index (χ4v) is 5.02. The molecule has 0 bridgehead atoms. The van der Waals surface area contributed by atoms with Crippen molar-refractivity contribution in [3.05, 3.63) is 36.0 Å². The Kier molecular flexibility index (Phi) is 7.17. The van der Waals surface area contributed by atoms with Gasteiger partial charge in [-0.3, -0.25) is 9.29 Å². The molecule has 1 aliphatic rings. The van der Waals surface area contributed by atoms with Crippen LogP contribution in [0.5, 0.6) is 11.6 Å². The molecule has 0 saturated heterocycles. The van der Waals surface area contributed by atoms with Gasteiger partial charge in [-0.15, -0.1) is 10.2 Å². The summed E-state index contributed by atoms with van der Waals surface area (Å²) in [4.78, 5) is 12.8. The largest absolute Gasteiger partial charge is 0.485 e. The van der Waals surface area contributed by atoms with Gasteiger partial charge in [-0.05, 0) is 32.4 Å². The molecule has 0 saturated carbocycles. The van der Waals surface area contributed by atoms with Crippen molar-refractivity contribution < 1.29 is 22.6 Å². The van der Waals surface area contributed by atoms with Crippen LogP contribution in [0.2, 0.25) is 0 Å². The number of hydrogen-bond donors (Lipinski definition) is 1. The van der Waals surface area contributed by atoms with E-state index in [1.54, 1.807) is 50.2 Å². The molecule has 0 aromatic carbocycles. The number of anilines is 1. The van der Waals surface area contributed by atoms with E-state index in [2.05, 4.69) is 29.9 Å². The fourth-order valence-electron chi connectivity index (χ4n) is 3.78. The molecule has 3 aromatic rings. The SMILES string of the molecule is CCOc1nccc2c1OC[C@@H](COC)n1c(NS(=O)(=O)[C@@H](C)[C@H](C)c3ncc(C)cn3)nnc1-2. The molecule has 0 fully saturated rings. The molecule has 0 radical (unpaired) electrons. The molecular formula is C22H29N7O5S. The van der Waals surface area contributed by atoms with Crippen molar-refractivity contribution in [1.29, 1.82) is 0 Å². The van der Waals surface area contributed by atoms with E-state index in [0.717, 1.165) is 5.56 Å². The van der Waals surface area contributed by atoms with E-state index in [9.17, 15) is 8.42 Å².